The summed E-state index contributed by atoms with van der Waals surface area (Å²) >= 11 is 0. The molecule has 15 rings (SSSR count). The van der Waals surface area contributed by atoms with Crippen molar-refractivity contribution in [2.75, 3.05) is 0 Å². The van der Waals surface area contributed by atoms with E-state index < -0.39 is 40.8 Å². The van der Waals surface area contributed by atoms with Gasteiger partial charge in [0.1, 0.15) is 11.5 Å². The molecule has 0 unspecified atom stereocenters. The van der Waals surface area contributed by atoms with Gasteiger partial charge in [-0.2, -0.15) is 39.5 Å². The third-order valence-corrected chi connectivity index (χ3v) is 16.4. The summed E-state index contributed by atoms with van der Waals surface area (Å²) in [4.78, 5) is 11.8. The van der Waals surface area contributed by atoms with Gasteiger partial charge in [-0.3, -0.25) is 4.79 Å². The Kier molecular flexibility index (Phi) is 90.9. The summed E-state index contributed by atoms with van der Waals surface area (Å²) in [6.45, 7) is 62.3. The molecule has 0 heterocycles. The molecule has 734 valence electrons. The Morgan fingerprint density at radius 1 is 0.207 bits per heavy atom. The van der Waals surface area contributed by atoms with Gasteiger partial charge in [0.05, 0.1) is 16.7 Å². The summed E-state index contributed by atoms with van der Waals surface area (Å²) in [6, 6.07) is 130. The molecule has 0 saturated carbocycles. The number of para-hydroxylation sites is 2. The number of alkyl halides is 9. The predicted octanol–water partition coefficient (Wildman–Crippen LogP) is 42.7. The lowest BCUT2D eigenvalue weighted by Crippen LogP contribution is -2.18. The Hall–Kier alpha value is -12.6. The third kappa shape index (κ3) is 57.6. The molecule has 0 aliphatic rings. The fraction of sp³-hybridized carbons (Fsp3) is 0.282. The average Bonchev–Trinajstić information content (AvgIpc) is 0.769. The summed E-state index contributed by atoms with van der Waals surface area (Å²) in [5.41, 5.74) is 4.39. The Balaban J connectivity index is -0.000000269. The van der Waals surface area contributed by atoms with Gasteiger partial charge >= 0.3 is 18.5 Å². The van der Waals surface area contributed by atoms with E-state index in [1.54, 1.807) is 18.2 Å². The van der Waals surface area contributed by atoms with Gasteiger partial charge in [-0.05, 0) is 105 Å². The van der Waals surface area contributed by atoms with Crippen LogP contribution in [-0.2, 0) is 23.9 Å². The molecule has 0 N–H and O–H groups in total. The lowest BCUT2D eigenvalue weighted by molar-refractivity contribution is -0.142. The number of rotatable bonds is 9. The molecule has 0 bridgehead atoms. The van der Waals surface area contributed by atoms with Crippen molar-refractivity contribution >= 4 is 16.6 Å². The normalized spacial score (nSPS) is 9.07. The molecule has 11 heteroatoms. The van der Waals surface area contributed by atoms with Crippen LogP contribution in [0.3, 0.4) is 0 Å². The number of halogens is 9. The number of ketones is 1. The van der Waals surface area contributed by atoms with Crippen molar-refractivity contribution in [2.24, 2.45) is 0 Å². The molecule has 0 aliphatic carbocycles. The zero-order valence-electron chi connectivity index (χ0n) is 87.1. The lowest BCUT2D eigenvalue weighted by Gasteiger charge is -2.25. The van der Waals surface area contributed by atoms with Crippen molar-refractivity contribution in [3.8, 4) is 44.9 Å². The van der Waals surface area contributed by atoms with E-state index in [9.17, 15) is 44.3 Å². The van der Waals surface area contributed by atoms with Crippen LogP contribution in [0.15, 0.2) is 425 Å². The van der Waals surface area contributed by atoms with Crippen LogP contribution >= 0.6 is 0 Å². The molecule has 0 spiro atoms. The van der Waals surface area contributed by atoms with Crippen molar-refractivity contribution in [1.82, 2.24) is 0 Å². The maximum absolute atomic E-state index is 12.9. The topological polar surface area (TPSA) is 26.3 Å². The molecule has 0 aliphatic heterocycles. The highest BCUT2D eigenvalue weighted by molar-refractivity contribution is 6.08. The first-order valence-corrected chi connectivity index (χ1v) is 48.3. The minimum Gasteiger partial charge on any atom is -0.457 e. The number of ether oxygens (including phenoxy) is 1. The van der Waals surface area contributed by atoms with Crippen LogP contribution < -0.4 is 4.74 Å². The van der Waals surface area contributed by atoms with Gasteiger partial charge in [0, 0.05) is 22.1 Å². The van der Waals surface area contributed by atoms with Crippen molar-refractivity contribution < 1.29 is 49.0 Å². The molecule has 0 radical (unpaired) electrons. The van der Waals surface area contributed by atoms with Gasteiger partial charge in [-0.25, -0.2) is 0 Å². The Morgan fingerprint density at radius 2 is 0.407 bits per heavy atom. The second kappa shape index (κ2) is 90.6. The molecular weight excluding hydrogens is 1690 g/mol. The Labute approximate surface area is 813 Å². The second-order valence-electron chi connectivity index (χ2n) is 24.3. The molecule has 0 amide bonds. The molecule has 0 atom stereocenters. The molecule has 15 aromatic rings. The number of carbonyl (C=O) groups excluding carboxylic acids is 1. The molecule has 0 saturated heterocycles. The van der Waals surface area contributed by atoms with Crippen LogP contribution in [0.4, 0.5) is 39.5 Å². The lowest BCUT2D eigenvalue weighted by atomic mass is 9.78. The van der Waals surface area contributed by atoms with E-state index in [-0.39, 0.29) is 22.3 Å². The van der Waals surface area contributed by atoms with E-state index in [1.807, 2.05) is 383 Å². The quantitative estimate of drug-likeness (QED) is 0.106. The monoisotopic (exact) mass is 1860 g/mol. The van der Waals surface area contributed by atoms with Crippen LogP contribution in [0.25, 0.3) is 44.2 Å². The number of carbonyl (C=O) groups is 1. The van der Waals surface area contributed by atoms with Crippen molar-refractivity contribution in [3.05, 3.63) is 469 Å². The van der Waals surface area contributed by atoms with E-state index >= 15 is 0 Å². The van der Waals surface area contributed by atoms with Gasteiger partial charge in [-0.1, -0.05) is 590 Å². The number of hydrogen-bond acceptors (Lipinski definition) is 2. The van der Waals surface area contributed by atoms with Gasteiger partial charge < -0.3 is 4.74 Å². The molecule has 0 aromatic heterocycles. The van der Waals surface area contributed by atoms with Crippen LogP contribution in [-0.4, -0.2) is 5.78 Å². The maximum atomic E-state index is 12.9. The fourth-order valence-electron chi connectivity index (χ4n) is 10.9. The first-order valence-electron chi connectivity index (χ1n) is 48.3. The van der Waals surface area contributed by atoms with E-state index in [4.69, 9.17) is 4.74 Å². The maximum Gasteiger partial charge on any atom is 0.417 e. The van der Waals surface area contributed by atoms with Gasteiger partial charge in [-0.15, -0.1) is 0 Å². The molecule has 135 heavy (non-hydrogen) atoms. The standard InChI is InChI=1S/C15H16.C14H8F6.C14H11F3.C13H10O.C12H10O.C12H10.C10H8.C6H6.14C2H6/c1-15(2,13-9-5-3-6-10-13)14-11-7-4-8-12-14;15-13(16,17)10-7-4-8-11(14(18,19)20)12(10)9-5-2-1-3-6-9;1-10-6-2-3-7-11(10)12-8-4-5-9-13(12)14(15,16)17;14-13(11-7-3-1-4-8-11)12-9-5-2-6-10-12;1-3-7-11(8-4-1)13-12-9-5-2-6-10-12;1-3-7-11(8-4-1)12-9-5-2-6-10-12;1-2-6-10-8-4-3-7-9(10)5-1;1-2-4-6-5-3-1;14*1-2/h3-12H,1-2H3;1-8H;2-9H,1H3;1-10H;1-10H;1-10H;1-8H;1-6H;14*1-2H3. The largest absolute Gasteiger partial charge is 0.457 e. The minimum absolute atomic E-state index is 0.0752. The van der Waals surface area contributed by atoms with Crippen LogP contribution in [0.5, 0.6) is 11.5 Å². The van der Waals surface area contributed by atoms with Gasteiger partial charge in [0.25, 0.3) is 0 Å². The number of aryl methyl sites for hydroxylation is 1. The summed E-state index contributed by atoms with van der Waals surface area (Å²) in [5, 5.41) is 2.62. The molecule has 0 fully saturated rings. The highest BCUT2D eigenvalue weighted by atomic mass is 19.4. The van der Waals surface area contributed by atoms with Crippen LogP contribution in [0, 0.1) is 6.92 Å². The predicted molar refractivity (Wildman–Crippen MR) is 579 cm³/mol. The van der Waals surface area contributed by atoms with E-state index in [0.29, 0.717) is 17.7 Å². The second-order valence-corrected chi connectivity index (χ2v) is 24.3. The number of hydrogen-bond donors (Lipinski definition) is 0. The Morgan fingerprint density at radius 3 is 0.674 bits per heavy atom. The number of fused-ring (bicyclic) bond motifs is 1. The zero-order valence-corrected chi connectivity index (χ0v) is 87.1. The van der Waals surface area contributed by atoms with Crippen molar-refractivity contribution in [2.45, 2.75) is 239 Å². The Bertz CT molecular complexity index is 4690. The van der Waals surface area contributed by atoms with Crippen molar-refractivity contribution in [3.63, 3.8) is 0 Å². The van der Waals surface area contributed by atoms with Crippen molar-refractivity contribution in [1.29, 1.82) is 0 Å². The molecular formula is C124H163F9O2. The highest BCUT2D eigenvalue weighted by Gasteiger charge is 2.41. The molecule has 15 aromatic carbocycles. The summed E-state index contributed by atoms with van der Waals surface area (Å²) < 4.78 is 122. The van der Waals surface area contributed by atoms with Crippen LogP contribution in [0.2, 0.25) is 0 Å². The first kappa shape index (κ1) is 135. The first-order chi connectivity index (χ1) is 65.7. The number of benzene rings is 15. The zero-order chi connectivity index (χ0) is 104. The third-order valence-electron chi connectivity index (χ3n) is 16.4. The molecule has 2 nitrogen and oxygen atoms in total. The minimum atomic E-state index is -4.85. The van der Waals surface area contributed by atoms with E-state index in [1.165, 1.54) is 75.5 Å². The summed E-state index contributed by atoms with van der Waals surface area (Å²) in [6.07, 6.45) is -14.0. The van der Waals surface area contributed by atoms with E-state index in [0.717, 1.165) is 40.3 Å². The summed E-state index contributed by atoms with van der Waals surface area (Å²) in [5.74, 6) is 1.81. The smallest absolute Gasteiger partial charge is 0.417 e. The average molecular weight is 1860 g/mol. The summed E-state index contributed by atoms with van der Waals surface area (Å²) in [7, 11) is 0. The fourth-order valence-corrected chi connectivity index (χ4v) is 10.9. The van der Waals surface area contributed by atoms with Gasteiger partial charge in [0.2, 0.25) is 0 Å². The highest BCUT2D eigenvalue weighted by Crippen LogP contribution is 2.45. The van der Waals surface area contributed by atoms with Crippen LogP contribution in [0.1, 0.15) is 257 Å². The SMILES string of the molecule is CC.CC.CC.CC.CC.CC.CC.CC.CC.CC.CC.CC.CC.CC.CC(C)(c1ccccc1)c1ccccc1.Cc1ccccc1-c1ccccc1C(F)(F)F.FC(F)(F)c1cccc(C(F)(F)F)c1-c1ccccc1.O=C(c1ccccc1)c1ccccc1.c1ccc(-c2ccccc2)cc1.c1ccc(Oc2ccccc2)cc1.c1ccc2ccccc2c1.c1ccccc1. The van der Waals surface area contributed by atoms with Gasteiger partial charge in [0.15, 0.2) is 5.78 Å². The van der Waals surface area contributed by atoms with E-state index in [2.05, 4.69) is 172 Å².